The molecule has 2 aliphatic heterocycles. The second-order valence-corrected chi connectivity index (χ2v) is 14.8. The number of anilines is 3. The number of imidazole rings is 1. The SMILES string of the molecule is c1ccc2c(c1)Oc1cc(-n3c4ccccc4c4ccccc43)cc3c1B2n1c(nc2ccccc21)N3c1ccccc1-n1c2ccccc2c2ccccc21. The average molecular weight is 716 g/mol. The van der Waals surface area contributed by atoms with Gasteiger partial charge in [-0.05, 0) is 66.1 Å². The van der Waals surface area contributed by atoms with Crippen LogP contribution in [0.25, 0.3) is 66.0 Å². The minimum absolute atomic E-state index is 0.156. The molecule has 0 saturated heterocycles. The molecule has 56 heavy (non-hydrogen) atoms. The highest BCUT2D eigenvalue weighted by Gasteiger charge is 2.45. The Morgan fingerprint density at radius 3 is 1.61 bits per heavy atom. The quantitative estimate of drug-likeness (QED) is 0.171. The first-order chi connectivity index (χ1) is 27.8. The molecule has 0 fully saturated rings. The van der Waals surface area contributed by atoms with Crippen molar-refractivity contribution >= 4 is 89.7 Å². The van der Waals surface area contributed by atoms with Crippen LogP contribution in [-0.2, 0) is 0 Å². The van der Waals surface area contributed by atoms with Gasteiger partial charge in [0.15, 0.2) is 0 Å². The molecule has 13 rings (SSSR count). The minimum Gasteiger partial charge on any atom is -0.458 e. The maximum atomic E-state index is 7.01. The Morgan fingerprint density at radius 2 is 0.946 bits per heavy atom. The summed E-state index contributed by atoms with van der Waals surface area (Å²) in [5.41, 5.74) is 13.0. The van der Waals surface area contributed by atoms with Crippen molar-refractivity contribution in [3.63, 3.8) is 0 Å². The number of hydrogen-bond acceptors (Lipinski definition) is 3. The minimum atomic E-state index is -0.156. The van der Waals surface area contributed by atoms with Gasteiger partial charge in [0.2, 0.25) is 5.95 Å². The molecule has 6 nitrogen and oxygen atoms in total. The van der Waals surface area contributed by atoms with E-state index in [1.165, 1.54) is 21.5 Å². The molecule has 7 heteroatoms. The maximum Gasteiger partial charge on any atom is 0.340 e. The summed E-state index contributed by atoms with van der Waals surface area (Å²) in [6.45, 7) is -0.156. The van der Waals surface area contributed by atoms with Gasteiger partial charge in [-0.15, -0.1) is 0 Å². The lowest BCUT2D eigenvalue weighted by molar-refractivity contribution is 0.486. The van der Waals surface area contributed by atoms with E-state index in [0.29, 0.717) is 0 Å². The van der Waals surface area contributed by atoms with E-state index in [2.05, 4.69) is 201 Å². The summed E-state index contributed by atoms with van der Waals surface area (Å²) >= 11 is 0. The Bertz CT molecular complexity index is 3340. The lowest BCUT2D eigenvalue weighted by Gasteiger charge is -2.39. The Morgan fingerprint density at radius 1 is 0.429 bits per heavy atom. The topological polar surface area (TPSA) is 40.1 Å². The zero-order valence-electron chi connectivity index (χ0n) is 30.0. The predicted molar refractivity (Wildman–Crippen MR) is 230 cm³/mol. The standard InChI is InChI=1S/C49H30BN5O/c1-7-21-38-32(15-1)33-16-2-8-22-39(33)52(38)31-29-45-48-47(30-31)56-46-28-14-5-19-36(46)50(48)55-42-25-11-6-20-37(42)51-49(55)54(45)44-27-13-12-26-43(44)53-40-23-9-3-17-34(40)35-18-4-10-24-41(35)53/h1-30H. The van der Waals surface area contributed by atoms with E-state index in [1.54, 1.807) is 0 Å². The van der Waals surface area contributed by atoms with Crippen LogP contribution in [0.3, 0.4) is 0 Å². The van der Waals surface area contributed by atoms with Crippen molar-refractivity contribution in [2.45, 2.75) is 0 Å². The van der Waals surface area contributed by atoms with Gasteiger partial charge < -0.3 is 18.3 Å². The van der Waals surface area contributed by atoms with Crippen LogP contribution in [0, 0.1) is 0 Å². The van der Waals surface area contributed by atoms with Crippen molar-refractivity contribution in [3.05, 3.63) is 182 Å². The lowest BCUT2D eigenvalue weighted by Crippen LogP contribution is -2.56. The zero-order chi connectivity index (χ0) is 36.5. The smallest absolute Gasteiger partial charge is 0.340 e. The molecule has 8 aromatic carbocycles. The normalized spacial score (nSPS) is 13.1. The third-order valence-corrected chi connectivity index (χ3v) is 11.9. The summed E-state index contributed by atoms with van der Waals surface area (Å²) in [4.78, 5) is 7.88. The Balaban J connectivity index is 1.18. The van der Waals surface area contributed by atoms with Crippen molar-refractivity contribution in [1.82, 2.24) is 18.6 Å². The van der Waals surface area contributed by atoms with Crippen LogP contribution < -0.4 is 20.6 Å². The fourth-order valence-corrected chi connectivity index (χ4v) is 9.63. The third kappa shape index (κ3) is 3.88. The van der Waals surface area contributed by atoms with Gasteiger partial charge in [0.25, 0.3) is 0 Å². The van der Waals surface area contributed by atoms with Crippen molar-refractivity contribution in [3.8, 4) is 22.9 Å². The molecule has 0 spiro atoms. The third-order valence-electron chi connectivity index (χ3n) is 11.9. The molecule has 0 aliphatic carbocycles. The number of rotatable bonds is 3. The molecule has 0 amide bonds. The number of hydrogen-bond donors (Lipinski definition) is 0. The molecule has 2 aliphatic rings. The number of benzene rings is 8. The number of para-hydroxylation sites is 9. The summed E-state index contributed by atoms with van der Waals surface area (Å²) in [5.74, 6) is 2.56. The van der Waals surface area contributed by atoms with E-state index in [4.69, 9.17) is 9.72 Å². The van der Waals surface area contributed by atoms with Gasteiger partial charge in [-0.3, -0.25) is 4.90 Å². The van der Waals surface area contributed by atoms with Crippen LogP contribution in [0.5, 0.6) is 11.5 Å². The molecular formula is C49H30BN5O. The van der Waals surface area contributed by atoms with Crippen LogP contribution >= 0.6 is 0 Å². The number of nitrogens with zero attached hydrogens (tertiary/aromatic N) is 5. The molecule has 0 saturated carbocycles. The van der Waals surface area contributed by atoms with E-state index >= 15 is 0 Å². The van der Waals surface area contributed by atoms with Crippen LogP contribution in [0.2, 0.25) is 0 Å². The average Bonchev–Trinajstić information content (AvgIpc) is 3.92. The molecule has 260 valence electrons. The molecule has 11 aromatic rings. The van der Waals surface area contributed by atoms with Crippen molar-refractivity contribution in [1.29, 1.82) is 0 Å². The van der Waals surface area contributed by atoms with Gasteiger partial charge in [-0.25, -0.2) is 4.98 Å². The fourth-order valence-electron chi connectivity index (χ4n) is 9.63. The van der Waals surface area contributed by atoms with Gasteiger partial charge in [0.05, 0.1) is 55.8 Å². The molecule has 0 unspecified atom stereocenters. The van der Waals surface area contributed by atoms with Crippen LogP contribution in [-0.4, -0.2) is 25.4 Å². The summed E-state index contributed by atoms with van der Waals surface area (Å²) in [5, 5.41) is 4.88. The fraction of sp³-hybridized carbons (Fsp3) is 0. The molecule has 0 atom stereocenters. The van der Waals surface area contributed by atoms with Crippen LogP contribution in [0.15, 0.2) is 182 Å². The largest absolute Gasteiger partial charge is 0.458 e. The van der Waals surface area contributed by atoms with Gasteiger partial charge >= 0.3 is 6.85 Å². The van der Waals surface area contributed by atoms with E-state index in [1.807, 2.05) is 0 Å². The highest BCUT2D eigenvalue weighted by molar-refractivity contribution is 6.88. The van der Waals surface area contributed by atoms with Crippen LogP contribution in [0.1, 0.15) is 0 Å². The molecule has 0 radical (unpaired) electrons. The highest BCUT2D eigenvalue weighted by Crippen LogP contribution is 2.47. The molecular weight excluding hydrogens is 685 g/mol. The van der Waals surface area contributed by atoms with Crippen LogP contribution in [0.4, 0.5) is 17.3 Å². The maximum absolute atomic E-state index is 7.01. The first-order valence-corrected chi connectivity index (χ1v) is 19.1. The molecule has 0 N–H and O–H groups in total. The summed E-state index contributed by atoms with van der Waals surface area (Å²) in [7, 11) is 0. The Kier molecular flexibility index (Phi) is 5.89. The van der Waals surface area contributed by atoms with Gasteiger partial charge in [0.1, 0.15) is 11.5 Å². The van der Waals surface area contributed by atoms with E-state index in [9.17, 15) is 0 Å². The molecule has 3 aromatic heterocycles. The second kappa shape index (κ2) is 11.0. The number of aromatic nitrogens is 4. The van der Waals surface area contributed by atoms with Crippen molar-refractivity contribution in [2.24, 2.45) is 0 Å². The summed E-state index contributed by atoms with van der Waals surface area (Å²) in [6.07, 6.45) is 0. The number of fused-ring (bicyclic) bond motifs is 12. The van der Waals surface area contributed by atoms with E-state index < -0.39 is 0 Å². The second-order valence-electron chi connectivity index (χ2n) is 14.8. The van der Waals surface area contributed by atoms with Gasteiger partial charge in [-0.2, -0.15) is 0 Å². The van der Waals surface area contributed by atoms with Gasteiger partial charge in [0, 0.05) is 33.1 Å². The number of ether oxygens (including phenoxy) is 1. The highest BCUT2D eigenvalue weighted by atomic mass is 16.5. The Hall–Kier alpha value is -7.51. The Labute approximate surface area is 321 Å². The van der Waals surface area contributed by atoms with E-state index in [-0.39, 0.29) is 6.85 Å². The van der Waals surface area contributed by atoms with Crippen molar-refractivity contribution < 1.29 is 4.74 Å². The summed E-state index contributed by atoms with van der Waals surface area (Å²) < 4.78 is 14.2. The summed E-state index contributed by atoms with van der Waals surface area (Å²) in [6, 6.07) is 65.1. The van der Waals surface area contributed by atoms with Gasteiger partial charge in [-0.1, -0.05) is 115 Å². The zero-order valence-corrected chi connectivity index (χ0v) is 30.0. The molecule has 5 heterocycles. The first kappa shape index (κ1) is 29.9. The monoisotopic (exact) mass is 715 g/mol. The lowest BCUT2D eigenvalue weighted by atomic mass is 9.47. The predicted octanol–water partition coefficient (Wildman–Crippen LogP) is 10.8. The first-order valence-electron chi connectivity index (χ1n) is 19.1. The van der Waals surface area contributed by atoms with E-state index in [0.717, 1.165) is 84.2 Å². The van der Waals surface area contributed by atoms with Crippen molar-refractivity contribution in [2.75, 3.05) is 4.90 Å². The molecule has 0 bridgehead atoms.